The van der Waals surface area contributed by atoms with Gasteiger partial charge in [0.1, 0.15) is 0 Å². The number of benzene rings is 1. The molecule has 2 atom stereocenters. The van der Waals surface area contributed by atoms with E-state index in [1.54, 1.807) is 0 Å². The van der Waals surface area contributed by atoms with Gasteiger partial charge in [-0.15, -0.1) is 0 Å². The lowest BCUT2D eigenvalue weighted by molar-refractivity contribution is 0.461. The van der Waals surface area contributed by atoms with Crippen LogP contribution in [0.3, 0.4) is 0 Å². The predicted octanol–water partition coefficient (Wildman–Crippen LogP) is 6.04. The van der Waals surface area contributed by atoms with Crippen molar-refractivity contribution in [3.8, 4) is 0 Å². The van der Waals surface area contributed by atoms with Crippen LogP contribution in [0, 0.1) is 12.8 Å². The van der Waals surface area contributed by atoms with Crippen LogP contribution in [0.2, 0.25) is 5.02 Å². The lowest BCUT2D eigenvalue weighted by Gasteiger charge is -2.22. The van der Waals surface area contributed by atoms with Crippen molar-refractivity contribution in [1.29, 1.82) is 0 Å². The van der Waals surface area contributed by atoms with E-state index in [-0.39, 0.29) is 0 Å². The average Bonchev–Trinajstić information content (AvgIpc) is 2.34. The van der Waals surface area contributed by atoms with E-state index in [0.29, 0.717) is 6.04 Å². The third-order valence-corrected chi connectivity index (χ3v) is 4.55. The van der Waals surface area contributed by atoms with Crippen LogP contribution >= 0.6 is 27.5 Å². The Morgan fingerprint density at radius 2 is 1.94 bits per heavy atom. The molecule has 0 bridgehead atoms. The van der Waals surface area contributed by atoms with E-state index >= 15 is 0 Å². The van der Waals surface area contributed by atoms with Gasteiger partial charge < -0.3 is 5.32 Å². The molecule has 1 nitrogen and oxygen atoms in total. The molecule has 102 valence electrons. The van der Waals surface area contributed by atoms with Crippen molar-refractivity contribution in [2.75, 3.05) is 5.32 Å². The summed E-state index contributed by atoms with van der Waals surface area (Å²) in [5.41, 5.74) is 2.20. The van der Waals surface area contributed by atoms with Gasteiger partial charge in [-0.1, -0.05) is 38.8 Å². The van der Waals surface area contributed by atoms with Gasteiger partial charge in [0, 0.05) is 15.5 Å². The number of hydrogen-bond donors (Lipinski definition) is 1. The largest absolute Gasteiger partial charge is 0.381 e. The third-order valence-electron chi connectivity index (χ3n) is 3.48. The summed E-state index contributed by atoms with van der Waals surface area (Å²) in [6, 6.07) is 4.59. The van der Waals surface area contributed by atoms with E-state index in [9.17, 15) is 0 Å². The second-order valence-electron chi connectivity index (χ2n) is 5.08. The molecular weight excluding hydrogens is 310 g/mol. The maximum atomic E-state index is 6.18. The van der Waals surface area contributed by atoms with Gasteiger partial charge in [0.15, 0.2) is 0 Å². The van der Waals surface area contributed by atoms with Crippen molar-refractivity contribution in [2.24, 2.45) is 5.92 Å². The lowest BCUT2D eigenvalue weighted by Crippen LogP contribution is -2.21. The molecular formula is C15H23BrClN. The summed E-state index contributed by atoms with van der Waals surface area (Å²) in [5.74, 6) is 0.752. The SMILES string of the molecule is CCC(C)CC(CC)Nc1cc(Cl)c(C)cc1Br. The van der Waals surface area contributed by atoms with Crippen LogP contribution in [0.4, 0.5) is 5.69 Å². The van der Waals surface area contributed by atoms with E-state index in [0.717, 1.165) is 33.1 Å². The highest BCUT2D eigenvalue weighted by Crippen LogP contribution is 2.30. The molecule has 0 heterocycles. The van der Waals surface area contributed by atoms with Crippen molar-refractivity contribution in [3.05, 3.63) is 27.2 Å². The highest BCUT2D eigenvalue weighted by Gasteiger charge is 2.12. The molecule has 0 saturated carbocycles. The zero-order chi connectivity index (χ0) is 13.7. The highest BCUT2D eigenvalue weighted by molar-refractivity contribution is 9.10. The van der Waals surface area contributed by atoms with Crippen LogP contribution in [0.15, 0.2) is 16.6 Å². The number of nitrogens with one attached hydrogen (secondary N) is 1. The molecule has 1 N–H and O–H groups in total. The van der Waals surface area contributed by atoms with Gasteiger partial charge in [0.2, 0.25) is 0 Å². The normalized spacial score (nSPS) is 14.3. The first-order valence-corrected chi connectivity index (χ1v) is 7.87. The Labute approximate surface area is 124 Å². The van der Waals surface area contributed by atoms with Crippen LogP contribution in [-0.2, 0) is 0 Å². The summed E-state index contributed by atoms with van der Waals surface area (Å²) in [7, 11) is 0. The molecule has 0 aliphatic heterocycles. The summed E-state index contributed by atoms with van der Waals surface area (Å²) in [6.45, 7) is 8.80. The first-order valence-electron chi connectivity index (χ1n) is 6.70. The fourth-order valence-electron chi connectivity index (χ4n) is 1.96. The molecule has 0 aliphatic carbocycles. The fourth-order valence-corrected chi connectivity index (χ4v) is 2.69. The summed E-state index contributed by atoms with van der Waals surface area (Å²) < 4.78 is 1.09. The van der Waals surface area contributed by atoms with Crippen LogP contribution in [0.5, 0.6) is 0 Å². The van der Waals surface area contributed by atoms with Gasteiger partial charge in [-0.25, -0.2) is 0 Å². The van der Waals surface area contributed by atoms with Gasteiger partial charge in [-0.2, -0.15) is 0 Å². The summed E-state index contributed by atoms with van der Waals surface area (Å²) in [5, 5.41) is 4.42. The zero-order valence-corrected chi connectivity index (χ0v) is 14.0. The highest BCUT2D eigenvalue weighted by atomic mass is 79.9. The van der Waals surface area contributed by atoms with Crippen LogP contribution in [0.1, 0.15) is 45.6 Å². The predicted molar refractivity (Wildman–Crippen MR) is 85.7 cm³/mol. The summed E-state index contributed by atoms with van der Waals surface area (Å²) in [4.78, 5) is 0. The van der Waals surface area contributed by atoms with E-state index in [1.807, 2.05) is 13.0 Å². The van der Waals surface area contributed by atoms with Crippen LogP contribution in [0.25, 0.3) is 0 Å². The van der Waals surface area contributed by atoms with E-state index in [4.69, 9.17) is 11.6 Å². The van der Waals surface area contributed by atoms with E-state index < -0.39 is 0 Å². The number of rotatable bonds is 6. The van der Waals surface area contributed by atoms with E-state index in [2.05, 4.69) is 48.1 Å². The Hall–Kier alpha value is -0.210. The Bertz CT molecular complexity index is 392. The molecule has 18 heavy (non-hydrogen) atoms. The van der Waals surface area contributed by atoms with E-state index in [1.165, 1.54) is 12.8 Å². The first-order chi connectivity index (χ1) is 8.47. The third kappa shape index (κ3) is 4.47. The van der Waals surface area contributed by atoms with Crippen molar-refractivity contribution < 1.29 is 0 Å². The molecule has 3 heteroatoms. The molecule has 0 aromatic heterocycles. The van der Waals surface area contributed by atoms with Gasteiger partial charge in [-0.3, -0.25) is 0 Å². The average molecular weight is 333 g/mol. The lowest BCUT2D eigenvalue weighted by atomic mass is 9.97. The number of aryl methyl sites for hydroxylation is 1. The maximum absolute atomic E-state index is 6.18. The minimum Gasteiger partial charge on any atom is -0.381 e. The Kier molecular flexibility index (Phi) is 6.51. The number of halogens is 2. The van der Waals surface area contributed by atoms with Crippen LogP contribution < -0.4 is 5.32 Å². The van der Waals surface area contributed by atoms with Crippen molar-refractivity contribution in [3.63, 3.8) is 0 Å². The van der Waals surface area contributed by atoms with Crippen molar-refractivity contribution in [2.45, 2.75) is 53.0 Å². The van der Waals surface area contributed by atoms with Gasteiger partial charge >= 0.3 is 0 Å². The molecule has 0 fully saturated rings. The van der Waals surface area contributed by atoms with Crippen molar-refractivity contribution >= 4 is 33.2 Å². The molecule has 0 radical (unpaired) electrons. The summed E-state index contributed by atoms with van der Waals surface area (Å²) >= 11 is 9.79. The minimum atomic E-state index is 0.509. The monoisotopic (exact) mass is 331 g/mol. The zero-order valence-electron chi connectivity index (χ0n) is 11.7. The molecule has 1 aromatic carbocycles. The second kappa shape index (κ2) is 7.40. The molecule has 0 spiro atoms. The topological polar surface area (TPSA) is 12.0 Å². The first kappa shape index (κ1) is 15.8. The minimum absolute atomic E-state index is 0.509. The molecule has 0 saturated heterocycles. The van der Waals surface area contributed by atoms with Gasteiger partial charge in [0.05, 0.1) is 5.69 Å². The second-order valence-corrected chi connectivity index (χ2v) is 6.34. The summed E-state index contributed by atoms with van der Waals surface area (Å²) in [6.07, 6.45) is 3.56. The molecule has 0 amide bonds. The molecule has 1 rings (SSSR count). The Morgan fingerprint density at radius 3 is 2.50 bits per heavy atom. The Morgan fingerprint density at radius 1 is 1.28 bits per heavy atom. The maximum Gasteiger partial charge on any atom is 0.0501 e. The van der Waals surface area contributed by atoms with Crippen molar-refractivity contribution in [1.82, 2.24) is 0 Å². The fraction of sp³-hybridized carbons (Fsp3) is 0.600. The molecule has 1 aromatic rings. The quantitative estimate of drug-likeness (QED) is 0.670. The van der Waals surface area contributed by atoms with Gasteiger partial charge in [-0.05, 0) is 59.3 Å². The molecule has 2 unspecified atom stereocenters. The number of anilines is 1. The smallest absolute Gasteiger partial charge is 0.0501 e. The van der Waals surface area contributed by atoms with Crippen LogP contribution in [-0.4, -0.2) is 6.04 Å². The Balaban J connectivity index is 2.78. The molecule has 0 aliphatic rings. The van der Waals surface area contributed by atoms with Gasteiger partial charge in [0.25, 0.3) is 0 Å². The standard InChI is InChI=1S/C15H23BrClN/c1-5-10(3)7-12(6-2)18-15-9-14(17)11(4)8-13(15)16/h8-10,12,18H,5-7H2,1-4H3. The number of hydrogen-bond acceptors (Lipinski definition) is 1.